The SMILES string of the molecule is CC(C)=CCN(C)CC(=O)Nc1ccc(Cl)c(Cl)c1. The van der Waals surface area contributed by atoms with Gasteiger partial charge in [-0.15, -0.1) is 0 Å². The van der Waals surface area contributed by atoms with E-state index in [0.717, 1.165) is 6.54 Å². The molecule has 0 radical (unpaired) electrons. The molecule has 1 aromatic carbocycles. The predicted molar refractivity (Wildman–Crippen MR) is 82.0 cm³/mol. The highest BCUT2D eigenvalue weighted by molar-refractivity contribution is 6.42. The molecule has 0 aliphatic carbocycles. The van der Waals surface area contributed by atoms with Crippen LogP contribution < -0.4 is 5.32 Å². The van der Waals surface area contributed by atoms with Crippen molar-refractivity contribution in [3.8, 4) is 0 Å². The van der Waals surface area contributed by atoms with Crippen LogP contribution in [0, 0.1) is 0 Å². The van der Waals surface area contributed by atoms with Crippen molar-refractivity contribution in [3.05, 3.63) is 39.9 Å². The van der Waals surface area contributed by atoms with Crippen molar-refractivity contribution >= 4 is 34.8 Å². The number of carbonyl (C=O) groups excluding carboxylic acids is 1. The molecule has 0 aliphatic heterocycles. The smallest absolute Gasteiger partial charge is 0.238 e. The van der Waals surface area contributed by atoms with Crippen LogP contribution in [-0.2, 0) is 4.79 Å². The van der Waals surface area contributed by atoms with Gasteiger partial charge in [-0.3, -0.25) is 9.69 Å². The zero-order chi connectivity index (χ0) is 14.4. The third-order valence-corrected chi connectivity index (χ3v) is 3.17. The molecule has 1 amide bonds. The molecule has 1 rings (SSSR count). The van der Waals surface area contributed by atoms with E-state index in [-0.39, 0.29) is 5.91 Å². The Morgan fingerprint density at radius 3 is 2.58 bits per heavy atom. The molecule has 0 saturated carbocycles. The molecule has 1 N–H and O–H groups in total. The lowest BCUT2D eigenvalue weighted by atomic mass is 10.3. The number of hydrogen-bond donors (Lipinski definition) is 1. The standard InChI is InChI=1S/C14H18Cl2N2O/c1-10(2)6-7-18(3)9-14(19)17-11-4-5-12(15)13(16)8-11/h4-6,8H,7,9H2,1-3H3,(H,17,19). The molecular formula is C14H18Cl2N2O. The van der Waals surface area contributed by atoms with Gasteiger partial charge in [-0.25, -0.2) is 0 Å². The van der Waals surface area contributed by atoms with Crippen LogP contribution in [0.3, 0.4) is 0 Å². The second-order valence-corrected chi connectivity index (χ2v) is 5.47. The second kappa shape index (κ2) is 7.53. The predicted octanol–water partition coefficient (Wildman–Crippen LogP) is 3.83. The second-order valence-electron chi connectivity index (χ2n) is 4.66. The Labute approximate surface area is 124 Å². The van der Waals surface area contributed by atoms with Gasteiger partial charge in [0, 0.05) is 12.2 Å². The molecule has 0 atom stereocenters. The molecule has 3 nitrogen and oxygen atoms in total. The van der Waals surface area contributed by atoms with Crippen LogP contribution in [-0.4, -0.2) is 30.9 Å². The third-order valence-electron chi connectivity index (χ3n) is 2.43. The van der Waals surface area contributed by atoms with Crippen molar-refractivity contribution < 1.29 is 4.79 Å². The number of rotatable bonds is 5. The molecule has 0 aromatic heterocycles. The summed E-state index contributed by atoms with van der Waals surface area (Å²) in [6.07, 6.45) is 2.08. The first-order chi connectivity index (χ1) is 8.88. The number of nitrogens with one attached hydrogen (secondary N) is 1. The Balaban J connectivity index is 2.50. The van der Waals surface area contributed by atoms with E-state index in [0.29, 0.717) is 22.3 Å². The van der Waals surface area contributed by atoms with E-state index in [1.807, 2.05) is 25.8 Å². The highest BCUT2D eigenvalue weighted by atomic mass is 35.5. The number of halogens is 2. The number of carbonyl (C=O) groups is 1. The summed E-state index contributed by atoms with van der Waals surface area (Å²) < 4.78 is 0. The van der Waals surface area contributed by atoms with Crippen LogP contribution in [0.2, 0.25) is 10.0 Å². The quantitative estimate of drug-likeness (QED) is 0.838. The lowest BCUT2D eigenvalue weighted by Gasteiger charge is -2.14. The number of anilines is 1. The summed E-state index contributed by atoms with van der Waals surface area (Å²) in [5, 5.41) is 3.68. The zero-order valence-corrected chi connectivity index (χ0v) is 12.8. The molecule has 1 aromatic rings. The molecule has 0 unspecified atom stereocenters. The first-order valence-electron chi connectivity index (χ1n) is 5.95. The van der Waals surface area contributed by atoms with E-state index in [2.05, 4.69) is 11.4 Å². The summed E-state index contributed by atoms with van der Waals surface area (Å²) in [7, 11) is 1.90. The first-order valence-corrected chi connectivity index (χ1v) is 6.71. The summed E-state index contributed by atoms with van der Waals surface area (Å²) in [6.45, 7) is 5.13. The van der Waals surface area contributed by atoms with Crippen LogP contribution in [0.25, 0.3) is 0 Å². The van der Waals surface area contributed by atoms with E-state index in [1.165, 1.54) is 5.57 Å². The summed E-state index contributed by atoms with van der Waals surface area (Å²) in [5.74, 6) is -0.0805. The van der Waals surface area contributed by atoms with Crippen LogP contribution >= 0.6 is 23.2 Å². The van der Waals surface area contributed by atoms with Crippen molar-refractivity contribution in [2.24, 2.45) is 0 Å². The molecule has 0 saturated heterocycles. The molecule has 0 aliphatic rings. The minimum atomic E-state index is -0.0805. The van der Waals surface area contributed by atoms with Crippen LogP contribution in [0.4, 0.5) is 5.69 Å². The number of likely N-dealkylation sites (N-methyl/N-ethyl adjacent to an activating group) is 1. The van der Waals surface area contributed by atoms with E-state index in [4.69, 9.17) is 23.2 Å². The van der Waals surface area contributed by atoms with Crippen molar-refractivity contribution in [2.75, 3.05) is 25.5 Å². The first kappa shape index (κ1) is 16.0. The number of amides is 1. The topological polar surface area (TPSA) is 32.3 Å². The molecule has 0 spiro atoms. The molecule has 0 bridgehead atoms. The summed E-state index contributed by atoms with van der Waals surface area (Å²) in [5.41, 5.74) is 1.88. The number of allylic oxidation sites excluding steroid dienone is 1. The molecule has 5 heteroatoms. The Kier molecular flexibility index (Phi) is 6.35. The molecule has 0 heterocycles. The molecule has 104 valence electrons. The van der Waals surface area contributed by atoms with Crippen LogP contribution in [0.15, 0.2) is 29.8 Å². The molecular weight excluding hydrogens is 283 g/mol. The summed E-state index contributed by atoms with van der Waals surface area (Å²) in [4.78, 5) is 13.7. The summed E-state index contributed by atoms with van der Waals surface area (Å²) >= 11 is 11.7. The highest BCUT2D eigenvalue weighted by Crippen LogP contribution is 2.24. The average molecular weight is 301 g/mol. The Bertz CT molecular complexity index is 482. The normalized spacial score (nSPS) is 10.4. The van der Waals surface area contributed by atoms with E-state index >= 15 is 0 Å². The van der Waals surface area contributed by atoms with E-state index in [9.17, 15) is 4.79 Å². The Morgan fingerprint density at radius 2 is 2.00 bits per heavy atom. The lowest BCUT2D eigenvalue weighted by Crippen LogP contribution is -2.30. The van der Waals surface area contributed by atoms with Gasteiger partial charge in [-0.2, -0.15) is 0 Å². The van der Waals surface area contributed by atoms with Gasteiger partial charge in [0.2, 0.25) is 5.91 Å². The number of hydrogen-bond acceptors (Lipinski definition) is 2. The van der Waals surface area contributed by atoms with Crippen LogP contribution in [0.5, 0.6) is 0 Å². The third kappa shape index (κ3) is 6.10. The Morgan fingerprint density at radius 1 is 1.32 bits per heavy atom. The lowest BCUT2D eigenvalue weighted by molar-refractivity contribution is -0.116. The Hall–Kier alpha value is -1.03. The van der Waals surface area contributed by atoms with Gasteiger partial charge in [-0.05, 0) is 39.1 Å². The van der Waals surface area contributed by atoms with Gasteiger partial charge in [0.15, 0.2) is 0 Å². The molecule has 19 heavy (non-hydrogen) atoms. The maximum Gasteiger partial charge on any atom is 0.238 e. The van der Waals surface area contributed by atoms with Gasteiger partial charge in [-0.1, -0.05) is 34.9 Å². The molecule has 0 fully saturated rings. The maximum absolute atomic E-state index is 11.8. The average Bonchev–Trinajstić information content (AvgIpc) is 2.31. The monoisotopic (exact) mass is 300 g/mol. The highest BCUT2D eigenvalue weighted by Gasteiger charge is 2.07. The summed E-state index contributed by atoms with van der Waals surface area (Å²) in [6, 6.07) is 5.02. The fraction of sp³-hybridized carbons (Fsp3) is 0.357. The van der Waals surface area contributed by atoms with Gasteiger partial charge < -0.3 is 5.32 Å². The number of nitrogens with zero attached hydrogens (tertiary/aromatic N) is 1. The van der Waals surface area contributed by atoms with Crippen molar-refractivity contribution in [2.45, 2.75) is 13.8 Å². The fourth-order valence-electron chi connectivity index (χ4n) is 1.42. The zero-order valence-electron chi connectivity index (χ0n) is 11.3. The largest absolute Gasteiger partial charge is 0.325 e. The van der Waals surface area contributed by atoms with Crippen molar-refractivity contribution in [1.29, 1.82) is 0 Å². The van der Waals surface area contributed by atoms with Crippen molar-refractivity contribution in [3.63, 3.8) is 0 Å². The van der Waals surface area contributed by atoms with Gasteiger partial charge in [0.1, 0.15) is 0 Å². The van der Waals surface area contributed by atoms with Gasteiger partial charge >= 0.3 is 0 Å². The maximum atomic E-state index is 11.8. The minimum Gasteiger partial charge on any atom is -0.325 e. The van der Waals surface area contributed by atoms with E-state index in [1.54, 1.807) is 18.2 Å². The van der Waals surface area contributed by atoms with Crippen LogP contribution in [0.1, 0.15) is 13.8 Å². The fourth-order valence-corrected chi connectivity index (χ4v) is 1.72. The number of benzene rings is 1. The van der Waals surface area contributed by atoms with E-state index < -0.39 is 0 Å². The van der Waals surface area contributed by atoms with Gasteiger partial charge in [0.05, 0.1) is 16.6 Å². The van der Waals surface area contributed by atoms with Crippen molar-refractivity contribution in [1.82, 2.24) is 4.90 Å². The van der Waals surface area contributed by atoms with Gasteiger partial charge in [0.25, 0.3) is 0 Å². The minimum absolute atomic E-state index is 0.0805.